The molecule has 0 saturated carbocycles. The third-order valence-corrected chi connectivity index (χ3v) is 3.30. The molecule has 0 aliphatic carbocycles. The van der Waals surface area contributed by atoms with Crippen molar-refractivity contribution in [3.63, 3.8) is 0 Å². The van der Waals surface area contributed by atoms with Crippen LogP contribution in [0, 0.1) is 5.41 Å². The Morgan fingerprint density at radius 1 is 1.47 bits per heavy atom. The molecule has 1 aromatic rings. The van der Waals surface area contributed by atoms with Gasteiger partial charge >= 0.3 is 13.2 Å². The van der Waals surface area contributed by atoms with Gasteiger partial charge < -0.3 is 20.1 Å². The Hall–Kier alpha value is -1.53. The highest BCUT2D eigenvalue weighted by atomic mass is 16.5. The number of carboxylic acid groups (broad SMARTS) is 1. The first-order chi connectivity index (χ1) is 8.79. The summed E-state index contributed by atoms with van der Waals surface area (Å²) >= 11 is 0. The van der Waals surface area contributed by atoms with Crippen LogP contribution in [0.1, 0.15) is 37.9 Å². The second-order valence-electron chi connectivity index (χ2n) is 5.87. The maximum absolute atomic E-state index is 10.9. The zero-order valence-electron chi connectivity index (χ0n) is 11.3. The predicted molar refractivity (Wildman–Crippen MR) is 72.2 cm³/mol. The lowest BCUT2D eigenvalue weighted by molar-refractivity contribution is 0.175. The fourth-order valence-electron chi connectivity index (χ4n) is 2.34. The second kappa shape index (κ2) is 4.87. The summed E-state index contributed by atoms with van der Waals surface area (Å²) in [7, 11) is -0.916. The van der Waals surface area contributed by atoms with Crippen molar-refractivity contribution in [3.05, 3.63) is 29.3 Å². The van der Waals surface area contributed by atoms with Crippen LogP contribution >= 0.6 is 0 Å². The molecule has 1 aliphatic heterocycles. The van der Waals surface area contributed by atoms with E-state index in [-0.39, 0.29) is 11.5 Å². The van der Waals surface area contributed by atoms with E-state index in [0.717, 1.165) is 16.6 Å². The number of amides is 1. The summed E-state index contributed by atoms with van der Waals surface area (Å²) in [6, 6.07) is 5.23. The molecule has 5 nitrogen and oxygen atoms in total. The standard InChI is InChI=1S/C13H18BNO4/c1-13(2,3)11(15-12(16)17)8-4-5-9-7-19-14(18)10(9)6-8/h4-6,11,15,18H,7H2,1-3H3,(H,16,17). The van der Waals surface area contributed by atoms with E-state index in [1.54, 1.807) is 0 Å². The molecule has 2 rings (SSSR count). The van der Waals surface area contributed by atoms with Crippen molar-refractivity contribution in [3.8, 4) is 0 Å². The van der Waals surface area contributed by atoms with Crippen LogP contribution in [0.25, 0.3) is 0 Å². The minimum atomic E-state index is -1.06. The molecule has 0 bridgehead atoms. The summed E-state index contributed by atoms with van der Waals surface area (Å²) in [5.74, 6) is 0. The van der Waals surface area contributed by atoms with Gasteiger partial charge in [-0.15, -0.1) is 0 Å². The van der Waals surface area contributed by atoms with Crippen LogP contribution in [0.15, 0.2) is 18.2 Å². The van der Waals surface area contributed by atoms with Gasteiger partial charge in [-0.05, 0) is 22.0 Å². The Bertz CT molecular complexity index is 498. The van der Waals surface area contributed by atoms with E-state index < -0.39 is 13.2 Å². The van der Waals surface area contributed by atoms with Gasteiger partial charge in [0.2, 0.25) is 0 Å². The molecule has 0 aromatic heterocycles. The highest BCUT2D eigenvalue weighted by molar-refractivity contribution is 6.61. The SMILES string of the molecule is CC(C)(C)C(NC(=O)O)c1ccc2c(c1)B(O)OC2. The third kappa shape index (κ3) is 2.90. The van der Waals surface area contributed by atoms with E-state index in [4.69, 9.17) is 9.76 Å². The lowest BCUT2D eigenvalue weighted by Gasteiger charge is -2.31. The van der Waals surface area contributed by atoms with Gasteiger partial charge in [0.05, 0.1) is 12.6 Å². The zero-order valence-corrected chi connectivity index (χ0v) is 11.3. The molecule has 3 N–H and O–H groups in total. The summed E-state index contributed by atoms with van der Waals surface area (Å²) < 4.78 is 5.14. The lowest BCUT2D eigenvalue weighted by Crippen LogP contribution is -2.37. The van der Waals surface area contributed by atoms with E-state index >= 15 is 0 Å². The molecule has 1 aliphatic rings. The molecule has 1 aromatic carbocycles. The molecular formula is C13H18BNO4. The van der Waals surface area contributed by atoms with Crippen molar-refractivity contribution < 1.29 is 19.6 Å². The second-order valence-corrected chi connectivity index (χ2v) is 5.87. The van der Waals surface area contributed by atoms with Crippen LogP contribution in [0.3, 0.4) is 0 Å². The van der Waals surface area contributed by atoms with Gasteiger partial charge in [0.15, 0.2) is 0 Å². The van der Waals surface area contributed by atoms with Crippen molar-refractivity contribution in [2.24, 2.45) is 5.41 Å². The highest BCUT2D eigenvalue weighted by Crippen LogP contribution is 2.33. The Morgan fingerprint density at radius 2 is 2.16 bits per heavy atom. The van der Waals surface area contributed by atoms with Crippen molar-refractivity contribution >= 4 is 18.7 Å². The first-order valence-corrected chi connectivity index (χ1v) is 6.21. The van der Waals surface area contributed by atoms with E-state index in [9.17, 15) is 9.82 Å². The topological polar surface area (TPSA) is 78.8 Å². The lowest BCUT2D eigenvalue weighted by atomic mass is 9.75. The molecule has 1 atom stereocenters. The summed E-state index contributed by atoms with van der Waals surface area (Å²) in [5, 5.41) is 21.2. The molecule has 19 heavy (non-hydrogen) atoms. The largest absolute Gasteiger partial charge is 0.491 e. The normalized spacial score (nSPS) is 16.1. The number of rotatable bonds is 2. The molecule has 0 radical (unpaired) electrons. The van der Waals surface area contributed by atoms with E-state index in [2.05, 4.69) is 5.32 Å². The maximum Gasteiger partial charge on any atom is 0.491 e. The summed E-state index contributed by atoms with van der Waals surface area (Å²) in [5.41, 5.74) is 2.23. The van der Waals surface area contributed by atoms with Crippen LogP contribution < -0.4 is 10.8 Å². The number of benzene rings is 1. The third-order valence-electron chi connectivity index (χ3n) is 3.30. The van der Waals surface area contributed by atoms with Crippen LogP contribution in [0.2, 0.25) is 0 Å². The molecule has 1 heterocycles. The van der Waals surface area contributed by atoms with Crippen molar-refractivity contribution in [1.29, 1.82) is 0 Å². The molecule has 0 fully saturated rings. The van der Waals surface area contributed by atoms with Gasteiger partial charge in [0, 0.05) is 0 Å². The molecule has 1 unspecified atom stereocenters. The molecule has 0 saturated heterocycles. The van der Waals surface area contributed by atoms with Crippen molar-refractivity contribution in [1.82, 2.24) is 5.32 Å². The number of hydrogen-bond acceptors (Lipinski definition) is 3. The van der Waals surface area contributed by atoms with Crippen LogP contribution in [-0.2, 0) is 11.3 Å². The fraction of sp³-hybridized carbons (Fsp3) is 0.462. The number of carbonyl (C=O) groups is 1. The first kappa shape index (κ1) is 13.9. The van der Waals surface area contributed by atoms with Crippen molar-refractivity contribution in [2.75, 3.05) is 0 Å². The average molecular weight is 263 g/mol. The molecule has 0 spiro atoms. The minimum absolute atomic E-state index is 0.267. The molecule has 102 valence electrons. The Morgan fingerprint density at radius 3 is 2.74 bits per heavy atom. The highest BCUT2D eigenvalue weighted by Gasteiger charge is 2.32. The Labute approximate surface area is 112 Å². The number of fused-ring (bicyclic) bond motifs is 1. The fourth-order valence-corrected chi connectivity index (χ4v) is 2.34. The predicted octanol–water partition coefficient (Wildman–Crippen LogP) is 1.26. The van der Waals surface area contributed by atoms with Crippen LogP contribution in [0.4, 0.5) is 4.79 Å². The zero-order chi connectivity index (χ0) is 14.2. The van der Waals surface area contributed by atoms with E-state index in [0.29, 0.717) is 6.61 Å². The van der Waals surface area contributed by atoms with Crippen molar-refractivity contribution in [2.45, 2.75) is 33.4 Å². The first-order valence-electron chi connectivity index (χ1n) is 6.21. The van der Waals surface area contributed by atoms with Gasteiger partial charge in [-0.25, -0.2) is 4.79 Å². The summed E-state index contributed by atoms with van der Waals surface area (Å²) in [6.45, 7) is 6.29. The van der Waals surface area contributed by atoms with Gasteiger partial charge in [0.1, 0.15) is 0 Å². The van der Waals surface area contributed by atoms with Gasteiger partial charge in [-0.2, -0.15) is 0 Å². The smallest absolute Gasteiger partial charge is 0.465 e. The van der Waals surface area contributed by atoms with E-state index in [1.165, 1.54) is 0 Å². The van der Waals surface area contributed by atoms with Crippen LogP contribution in [0.5, 0.6) is 0 Å². The average Bonchev–Trinajstić information content (AvgIpc) is 2.66. The van der Waals surface area contributed by atoms with Crippen LogP contribution in [-0.4, -0.2) is 23.3 Å². The van der Waals surface area contributed by atoms with Gasteiger partial charge in [-0.3, -0.25) is 0 Å². The maximum atomic E-state index is 10.9. The van der Waals surface area contributed by atoms with Gasteiger partial charge in [-0.1, -0.05) is 39.0 Å². The monoisotopic (exact) mass is 263 g/mol. The quantitative estimate of drug-likeness (QED) is 0.702. The molecule has 1 amide bonds. The number of hydrogen-bond donors (Lipinski definition) is 3. The Kier molecular flexibility index (Phi) is 3.56. The molecule has 6 heteroatoms. The number of nitrogens with one attached hydrogen (secondary N) is 1. The summed E-state index contributed by atoms with van der Waals surface area (Å²) in [4.78, 5) is 10.9. The Balaban J connectivity index is 2.37. The minimum Gasteiger partial charge on any atom is -0.465 e. The molecular weight excluding hydrogens is 245 g/mol. The van der Waals surface area contributed by atoms with E-state index in [1.807, 2.05) is 39.0 Å². The van der Waals surface area contributed by atoms with Gasteiger partial charge in [0.25, 0.3) is 0 Å². The summed E-state index contributed by atoms with van der Waals surface area (Å²) in [6.07, 6.45) is -1.06.